The first kappa shape index (κ1) is 13.5. The van der Waals surface area contributed by atoms with Crippen molar-refractivity contribution >= 4 is 33.3 Å². The first-order chi connectivity index (χ1) is 7.40. The number of methoxy groups -OCH3 is 1. The zero-order chi connectivity index (χ0) is 12.5. The van der Waals surface area contributed by atoms with Gasteiger partial charge in [0.1, 0.15) is 5.75 Å². The normalized spacial score (nSPS) is 12.4. The number of carbonyl (C=O) groups excluding carboxylic acids is 1. The van der Waals surface area contributed by atoms with Gasteiger partial charge >= 0.3 is 0 Å². The second kappa shape index (κ2) is 5.19. The molecular weight excluding hydrogens is 291 g/mol. The maximum Gasteiger partial charge on any atom is 0.191 e. The zero-order valence-electron chi connectivity index (χ0n) is 9.73. The van der Waals surface area contributed by atoms with Gasteiger partial charge in [-0.25, -0.2) is 0 Å². The van der Waals surface area contributed by atoms with Crippen molar-refractivity contribution in [2.45, 2.75) is 25.1 Å². The Morgan fingerprint density at radius 2 is 1.94 bits per heavy atom. The van der Waals surface area contributed by atoms with Crippen molar-refractivity contribution < 1.29 is 9.53 Å². The molecule has 0 spiro atoms. The zero-order valence-corrected chi connectivity index (χ0v) is 12.1. The minimum Gasteiger partial charge on any atom is -0.496 e. The lowest BCUT2D eigenvalue weighted by atomic mass is 9.95. The van der Waals surface area contributed by atoms with Crippen LogP contribution in [0.3, 0.4) is 0 Å². The standard InChI is InChI=1S/C12H14BrClO2/c1-6-5-9(16-4)7(2)8(3)10(6)11(15)12(13)14/h5,12H,1-4H3. The van der Waals surface area contributed by atoms with Crippen LogP contribution < -0.4 is 4.74 Å². The first-order valence-corrected chi connectivity index (χ1v) is 6.22. The molecule has 0 saturated heterocycles. The van der Waals surface area contributed by atoms with Crippen LogP contribution in [-0.4, -0.2) is 17.2 Å². The summed E-state index contributed by atoms with van der Waals surface area (Å²) in [7, 11) is 1.62. The van der Waals surface area contributed by atoms with Crippen molar-refractivity contribution in [3.05, 3.63) is 28.3 Å². The Hall–Kier alpha value is -0.540. The van der Waals surface area contributed by atoms with Gasteiger partial charge in [0.15, 0.2) is 10.1 Å². The number of alkyl halides is 2. The van der Waals surface area contributed by atoms with Crippen LogP contribution in [0.5, 0.6) is 5.75 Å². The lowest BCUT2D eigenvalue weighted by Crippen LogP contribution is -2.13. The molecule has 0 fully saturated rings. The second-order valence-electron chi connectivity index (χ2n) is 3.69. The topological polar surface area (TPSA) is 26.3 Å². The summed E-state index contributed by atoms with van der Waals surface area (Å²) < 4.78 is 4.56. The maximum absolute atomic E-state index is 11.9. The number of aryl methyl sites for hydroxylation is 1. The second-order valence-corrected chi connectivity index (χ2v) is 5.56. The van der Waals surface area contributed by atoms with E-state index in [0.29, 0.717) is 5.56 Å². The molecule has 0 aliphatic carbocycles. The molecule has 1 aromatic rings. The summed E-state index contributed by atoms with van der Waals surface area (Å²) >= 11 is 8.86. The Bertz CT molecular complexity index is 428. The van der Waals surface area contributed by atoms with E-state index >= 15 is 0 Å². The van der Waals surface area contributed by atoms with Gasteiger partial charge in [0.05, 0.1) is 7.11 Å². The molecule has 1 atom stereocenters. The summed E-state index contributed by atoms with van der Waals surface area (Å²) in [4.78, 5) is 11.9. The van der Waals surface area contributed by atoms with Gasteiger partial charge in [-0.3, -0.25) is 4.79 Å². The molecule has 0 amide bonds. The summed E-state index contributed by atoms with van der Waals surface area (Å²) in [6.45, 7) is 5.72. The van der Waals surface area contributed by atoms with Crippen LogP contribution in [-0.2, 0) is 0 Å². The molecule has 88 valence electrons. The molecule has 0 N–H and O–H groups in total. The van der Waals surface area contributed by atoms with Gasteiger partial charge in [-0.2, -0.15) is 0 Å². The number of hydrogen-bond donors (Lipinski definition) is 0. The summed E-state index contributed by atoms with van der Waals surface area (Å²) in [6.07, 6.45) is 0. The van der Waals surface area contributed by atoms with Crippen LogP contribution in [0.4, 0.5) is 0 Å². The lowest BCUT2D eigenvalue weighted by molar-refractivity contribution is 0.101. The third kappa shape index (κ3) is 2.41. The van der Waals surface area contributed by atoms with Crippen molar-refractivity contribution in [1.29, 1.82) is 0 Å². The molecule has 0 aromatic heterocycles. The van der Waals surface area contributed by atoms with E-state index in [1.807, 2.05) is 26.8 Å². The maximum atomic E-state index is 11.9. The molecule has 0 saturated carbocycles. The molecule has 0 aliphatic heterocycles. The average Bonchev–Trinajstić information content (AvgIpc) is 2.23. The van der Waals surface area contributed by atoms with Crippen molar-refractivity contribution in [2.24, 2.45) is 0 Å². The van der Waals surface area contributed by atoms with E-state index in [1.54, 1.807) is 7.11 Å². The van der Waals surface area contributed by atoms with Crippen LogP contribution in [0.15, 0.2) is 6.07 Å². The van der Waals surface area contributed by atoms with Crippen LogP contribution >= 0.6 is 27.5 Å². The minimum absolute atomic E-state index is 0.109. The van der Waals surface area contributed by atoms with Crippen LogP contribution in [0, 0.1) is 20.8 Å². The fraction of sp³-hybridized carbons (Fsp3) is 0.417. The first-order valence-electron chi connectivity index (χ1n) is 4.87. The minimum atomic E-state index is -0.683. The van der Waals surface area contributed by atoms with Gasteiger partial charge in [0.25, 0.3) is 0 Å². The monoisotopic (exact) mass is 304 g/mol. The smallest absolute Gasteiger partial charge is 0.191 e. The largest absolute Gasteiger partial charge is 0.496 e. The third-order valence-corrected chi connectivity index (χ3v) is 3.33. The Kier molecular flexibility index (Phi) is 4.39. The average molecular weight is 306 g/mol. The van der Waals surface area contributed by atoms with Crippen molar-refractivity contribution in [2.75, 3.05) is 7.11 Å². The fourth-order valence-corrected chi connectivity index (χ4v) is 2.08. The Balaban J connectivity index is 3.42. The van der Waals surface area contributed by atoms with Crippen molar-refractivity contribution in [3.8, 4) is 5.75 Å². The van der Waals surface area contributed by atoms with Gasteiger partial charge in [0.2, 0.25) is 0 Å². The SMILES string of the molecule is COc1cc(C)c(C(=O)C(Cl)Br)c(C)c1C. The highest BCUT2D eigenvalue weighted by molar-refractivity contribution is 9.10. The molecule has 0 bridgehead atoms. The molecule has 1 aromatic carbocycles. The Morgan fingerprint density at radius 3 is 2.38 bits per heavy atom. The lowest BCUT2D eigenvalue weighted by Gasteiger charge is -2.15. The highest BCUT2D eigenvalue weighted by Gasteiger charge is 2.21. The Morgan fingerprint density at radius 1 is 1.38 bits per heavy atom. The van der Waals surface area contributed by atoms with Crippen molar-refractivity contribution in [1.82, 2.24) is 0 Å². The number of halogens is 2. The number of benzene rings is 1. The molecule has 0 aliphatic rings. The molecular formula is C12H14BrClO2. The summed E-state index contributed by atoms with van der Waals surface area (Å²) in [5, 5.41) is 0. The third-order valence-electron chi connectivity index (χ3n) is 2.71. The number of hydrogen-bond acceptors (Lipinski definition) is 2. The highest BCUT2D eigenvalue weighted by atomic mass is 79.9. The number of ketones is 1. The van der Waals surface area contributed by atoms with Gasteiger partial charge in [-0.15, -0.1) is 11.6 Å². The van der Waals surface area contributed by atoms with E-state index in [-0.39, 0.29) is 5.78 Å². The highest BCUT2D eigenvalue weighted by Crippen LogP contribution is 2.29. The van der Waals surface area contributed by atoms with Gasteiger partial charge in [-0.05, 0) is 43.5 Å². The number of rotatable bonds is 3. The van der Waals surface area contributed by atoms with Crippen LogP contribution in [0.1, 0.15) is 27.0 Å². The molecule has 1 unspecified atom stereocenters. The van der Waals surface area contributed by atoms with E-state index in [0.717, 1.165) is 22.4 Å². The molecule has 0 radical (unpaired) electrons. The van der Waals surface area contributed by atoms with Crippen LogP contribution in [0.25, 0.3) is 0 Å². The molecule has 2 nitrogen and oxygen atoms in total. The van der Waals surface area contributed by atoms with E-state index in [4.69, 9.17) is 16.3 Å². The summed E-state index contributed by atoms with van der Waals surface area (Å²) in [5.41, 5.74) is 3.46. The number of Topliss-reactive ketones (excluding diaryl/α,β-unsaturated/α-hetero) is 1. The quantitative estimate of drug-likeness (QED) is 0.628. The van der Waals surface area contributed by atoms with Gasteiger partial charge in [0, 0.05) is 5.56 Å². The number of carbonyl (C=O) groups is 1. The number of ether oxygens (including phenoxy) is 1. The predicted octanol–water partition coefficient (Wildman–Crippen LogP) is 3.76. The van der Waals surface area contributed by atoms with Gasteiger partial charge in [-0.1, -0.05) is 15.9 Å². The van der Waals surface area contributed by atoms with E-state index in [2.05, 4.69) is 15.9 Å². The molecule has 16 heavy (non-hydrogen) atoms. The van der Waals surface area contributed by atoms with Crippen LogP contribution in [0.2, 0.25) is 0 Å². The summed E-state index contributed by atoms with van der Waals surface area (Å²) in [5.74, 6) is 0.690. The predicted molar refractivity (Wildman–Crippen MR) is 70.1 cm³/mol. The van der Waals surface area contributed by atoms with E-state index < -0.39 is 4.29 Å². The van der Waals surface area contributed by atoms with Gasteiger partial charge < -0.3 is 4.74 Å². The summed E-state index contributed by atoms with van der Waals surface area (Å²) in [6, 6.07) is 1.86. The molecule has 1 rings (SSSR count). The van der Waals surface area contributed by atoms with E-state index in [9.17, 15) is 4.79 Å². The Labute approximate surface area is 109 Å². The molecule has 4 heteroatoms. The van der Waals surface area contributed by atoms with E-state index in [1.165, 1.54) is 0 Å². The van der Waals surface area contributed by atoms with Crippen molar-refractivity contribution in [3.63, 3.8) is 0 Å². The fourth-order valence-electron chi connectivity index (χ4n) is 1.75. The molecule has 0 heterocycles.